The topological polar surface area (TPSA) is 176 Å². The Morgan fingerprint density at radius 2 is 1.07 bits per heavy atom. The number of hydrogen-bond acceptors (Lipinski definition) is 13. The molecule has 16 heteroatoms. The maximum absolute atomic E-state index is 13.5. The standard InChI is InChI=1S/C53H91N7O9/c1-10-12-14-16-18-20-22-24-26-29-44(62)66-39-53(40-67-45(63)30-27-25-23-21-19-17-15-13-11-2)32-37-58(38-33-53)43(61)31-36-57(9)34-28-35-59-42-56-46-47(59)54-41-55-48(46)60(49(64)68-51(3,4)5)50(65)69-52(6,7)8/h41-42H,10-40H2,1-9H3. The van der Waals surface area contributed by atoms with Crippen LogP contribution in [0.25, 0.3) is 11.2 Å². The number of carbonyl (C=O) groups is 5. The number of amides is 3. The molecule has 392 valence electrons. The Kier molecular flexibility index (Phi) is 26.6. The van der Waals surface area contributed by atoms with Crippen molar-refractivity contribution in [3.63, 3.8) is 0 Å². The molecule has 1 fully saturated rings. The molecule has 0 bridgehead atoms. The molecular formula is C53H91N7O9. The number of hydrogen-bond donors (Lipinski definition) is 0. The Hall–Kier alpha value is -4.34. The van der Waals surface area contributed by atoms with E-state index in [0.717, 1.165) is 43.4 Å². The number of piperidine rings is 1. The van der Waals surface area contributed by atoms with Crippen molar-refractivity contribution < 1.29 is 42.9 Å². The van der Waals surface area contributed by atoms with E-state index in [-0.39, 0.29) is 42.4 Å². The number of imidazole rings is 1. The number of anilines is 1. The fourth-order valence-electron chi connectivity index (χ4n) is 8.46. The largest absolute Gasteiger partial charge is 0.465 e. The highest BCUT2D eigenvalue weighted by molar-refractivity contribution is 6.12. The van der Waals surface area contributed by atoms with Crippen LogP contribution in [-0.4, -0.2) is 117 Å². The Morgan fingerprint density at radius 3 is 1.54 bits per heavy atom. The number of fused-ring (bicyclic) bond motifs is 1. The predicted octanol–water partition coefficient (Wildman–Crippen LogP) is 11.8. The second-order valence-corrected chi connectivity index (χ2v) is 21.4. The van der Waals surface area contributed by atoms with Crippen LogP contribution in [0.1, 0.15) is 209 Å². The van der Waals surface area contributed by atoms with Gasteiger partial charge in [0, 0.05) is 50.9 Å². The maximum atomic E-state index is 13.5. The van der Waals surface area contributed by atoms with Gasteiger partial charge in [-0.25, -0.2) is 24.5 Å². The normalized spacial score (nSPS) is 14.0. The molecule has 0 aromatic carbocycles. The number of aryl methyl sites for hydroxylation is 1. The predicted molar refractivity (Wildman–Crippen MR) is 271 cm³/mol. The molecule has 0 spiro atoms. The summed E-state index contributed by atoms with van der Waals surface area (Å²) in [5, 5.41) is 0. The minimum absolute atomic E-state index is 0.0384. The van der Waals surface area contributed by atoms with E-state index in [0.29, 0.717) is 76.9 Å². The van der Waals surface area contributed by atoms with Gasteiger partial charge in [0.2, 0.25) is 5.91 Å². The zero-order chi connectivity index (χ0) is 50.7. The second-order valence-electron chi connectivity index (χ2n) is 21.4. The Morgan fingerprint density at radius 1 is 0.609 bits per heavy atom. The van der Waals surface area contributed by atoms with Gasteiger partial charge in [-0.05, 0) is 87.2 Å². The van der Waals surface area contributed by atoms with Gasteiger partial charge in [0.1, 0.15) is 30.7 Å². The Labute approximate surface area is 414 Å². The van der Waals surface area contributed by atoms with Crippen molar-refractivity contribution in [3.8, 4) is 0 Å². The summed E-state index contributed by atoms with van der Waals surface area (Å²) in [6.07, 6.45) is 25.2. The molecule has 0 radical (unpaired) electrons. The third kappa shape index (κ3) is 23.4. The van der Waals surface area contributed by atoms with Crippen molar-refractivity contribution in [1.82, 2.24) is 29.3 Å². The number of rotatable bonds is 32. The van der Waals surface area contributed by atoms with E-state index in [1.54, 1.807) is 47.9 Å². The van der Waals surface area contributed by atoms with Crippen LogP contribution in [0.2, 0.25) is 0 Å². The quantitative estimate of drug-likeness (QED) is 0.0385. The average Bonchev–Trinajstić information content (AvgIpc) is 3.71. The van der Waals surface area contributed by atoms with Crippen LogP contribution in [0.4, 0.5) is 15.4 Å². The molecule has 16 nitrogen and oxygen atoms in total. The van der Waals surface area contributed by atoms with E-state index in [2.05, 4.69) is 33.7 Å². The third-order valence-corrected chi connectivity index (χ3v) is 12.6. The SMILES string of the molecule is CCCCCCCCCCCC(=O)OCC1(COC(=O)CCCCCCCCCCC)CCN(C(=O)CCN(C)CCCn2cnc3c(N(C(=O)OC(C)(C)C)C(=O)OC(C)(C)C)ncnc32)CC1. The highest BCUT2D eigenvalue weighted by Crippen LogP contribution is 2.34. The summed E-state index contributed by atoms with van der Waals surface area (Å²) < 4.78 is 24.7. The van der Waals surface area contributed by atoms with Gasteiger partial charge in [-0.15, -0.1) is 0 Å². The van der Waals surface area contributed by atoms with Gasteiger partial charge in [-0.1, -0.05) is 117 Å². The monoisotopic (exact) mass is 970 g/mol. The lowest BCUT2D eigenvalue weighted by Gasteiger charge is -2.41. The molecule has 3 heterocycles. The van der Waals surface area contributed by atoms with Gasteiger partial charge in [0.15, 0.2) is 17.0 Å². The summed E-state index contributed by atoms with van der Waals surface area (Å²) in [5.41, 5.74) is -1.60. The van der Waals surface area contributed by atoms with E-state index in [9.17, 15) is 24.0 Å². The van der Waals surface area contributed by atoms with E-state index < -0.39 is 28.8 Å². The third-order valence-electron chi connectivity index (χ3n) is 12.6. The highest BCUT2D eigenvalue weighted by atomic mass is 16.6. The summed E-state index contributed by atoms with van der Waals surface area (Å²) in [5.74, 6) is -0.391. The lowest BCUT2D eigenvalue weighted by Crippen LogP contribution is -2.48. The first-order chi connectivity index (χ1) is 32.9. The van der Waals surface area contributed by atoms with E-state index >= 15 is 0 Å². The van der Waals surface area contributed by atoms with Crippen molar-refractivity contribution >= 4 is 47.0 Å². The second kappa shape index (κ2) is 31.1. The van der Waals surface area contributed by atoms with E-state index in [4.69, 9.17) is 18.9 Å². The number of esters is 2. The van der Waals surface area contributed by atoms with Crippen LogP contribution >= 0.6 is 0 Å². The first kappa shape index (κ1) is 59.0. The summed E-state index contributed by atoms with van der Waals surface area (Å²) >= 11 is 0. The van der Waals surface area contributed by atoms with Gasteiger partial charge in [0.25, 0.3) is 0 Å². The van der Waals surface area contributed by atoms with Crippen LogP contribution in [0, 0.1) is 5.41 Å². The van der Waals surface area contributed by atoms with Crippen LogP contribution < -0.4 is 4.90 Å². The molecule has 2 aromatic heterocycles. The van der Waals surface area contributed by atoms with Crippen LogP contribution in [-0.2, 0) is 39.9 Å². The van der Waals surface area contributed by atoms with Crippen molar-refractivity contribution in [3.05, 3.63) is 12.7 Å². The van der Waals surface area contributed by atoms with Gasteiger partial charge in [-0.3, -0.25) is 14.4 Å². The number of ether oxygens (including phenoxy) is 4. The summed E-state index contributed by atoms with van der Waals surface area (Å²) in [4.78, 5) is 83.9. The first-order valence-corrected chi connectivity index (χ1v) is 26.6. The fourth-order valence-corrected chi connectivity index (χ4v) is 8.46. The molecular weight excluding hydrogens is 879 g/mol. The molecule has 3 amide bonds. The molecule has 1 aliphatic rings. The number of unbranched alkanes of at least 4 members (excludes halogenated alkanes) is 16. The highest BCUT2D eigenvalue weighted by Gasteiger charge is 2.39. The molecule has 0 unspecified atom stereocenters. The summed E-state index contributed by atoms with van der Waals surface area (Å²) in [6.45, 7) is 17.8. The molecule has 0 saturated carbocycles. The summed E-state index contributed by atoms with van der Waals surface area (Å²) in [6, 6.07) is 0. The number of aromatic nitrogens is 4. The van der Waals surface area contributed by atoms with Crippen molar-refractivity contribution in [2.24, 2.45) is 5.41 Å². The molecule has 2 aromatic rings. The lowest BCUT2D eigenvalue weighted by molar-refractivity contribution is -0.158. The zero-order valence-corrected chi connectivity index (χ0v) is 44.4. The van der Waals surface area contributed by atoms with Crippen LogP contribution in [0.3, 0.4) is 0 Å². The number of imide groups is 1. The summed E-state index contributed by atoms with van der Waals surface area (Å²) in [7, 11) is 1.98. The average molecular weight is 970 g/mol. The molecule has 3 rings (SSSR count). The first-order valence-electron chi connectivity index (χ1n) is 26.6. The number of nitrogens with zero attached hydrogens (tertiary/aromatic N) is 7. The maximum Gasteiger partial charge on any atom is 0.425 e. The zero-order valence-electron chi connectivity index (χ0n) is 44.4. The minimum Gasteiger partial charge on any atom is -0.465 e. The molecule has 0 N–H and O–H groups in total. The minimum atomic E-state index is -0.938. The molecule has 69 heavy (non-hydrogen) atoms. The van der Waals surface area contributed by atoms with E-state index in [1.807, 2.05) is 16.5 Å². The molecule has 0 atom stereocenters. The van der Waals surface area contributed by atoms with Gasteiger partial charge in [0.05, 0.1) is 6.33 Å². The Balaban J connectivity index is 1.51. The van der Waals surface area contributed by atoms with Gasteiger partial charge < -0.3 is 33.3 Å². The van der Waals surface area contributed by atoms with Crippen molar-refractivity contribution in [1.29, 1.82) is 0 Å². The molecule has 0 aliphatic carbocycles. The lowest BCUT2D eigenvalue weighted by atomic mass is 9.79. The molecule has 1 aliphatic heterocycles. The van der Waals surface area contributed by atoms with Crippen LogP contribution in [0.15, 0.2) is 12.7 Å². The van der Waals surface area contributed by atoms with E-state index in [1.165, 1.54) is 83.4 Å². The smallest absolute Gasteiger partial charge is 0.425 e. The number of likely N-dealkylation sites (tertiary alicyclic amines) is 1. The Bertz CT molecular complexity index is 1760. The van der Waals surface area contributed by atoms with Crippen LogP contribution in [0.5, 0.6) is 0 Å². The van der Waals surface area contributed by atoms with Crippen molar-refractivity contribution in [2.75, 3.05) is 51.3 Å². The fraction of sp³-hybridized carbons (Fsp3) is 0.811. The van der Waals surface area contributed by atoms with Crippen molar-refractivity contribution in [2.45, 2.75) is 227 Å². The van der Waals surface area contributed by atoms with Gasteiger partial charge in [-0.2, -0.15) is 4.90 Å². The number of carbonyl (C=O) groups excluding carboxylic acids is 5. The van der Waals surface area contributed by atoms with Gasteiger partial charge >= 0.3 is 24.1 Å². The molecule has 1 saturated heterocycles.